The SMILES string of the molecule is CCCCCCCCCCCCCCC[NH]. The van der Waals surface area contributed by atoms with Crippen molar-refractivity contribution in [3.8, 4) is 0 Å². The first-order valence-corrected chi connectivity index (χ1v) is 7.56. The number of hydrogen-bond acceptors (Lipinski definition) is 0. The summed E-state index contributed by atoms with van der Waals surface area (Å²) in [7, 11) is 0. The molecule has 97 valence electrons. The Hall–Kier alpha value is -0.0400. The van der Waals surface area contributed by atoms with E-state index < -0.39 is 0 Å². The van der Waals surface area contributed by atoms with E-state index in [1.807, 2.05) is 0 Å². The fourth-order valence-corrected chi connectivity index (χ4v) is 2.14. The maximum absolute atomic E-state index is 7.04. The Morgan fingerprint density at radius 3 is 1.12 bits per heavy atom. The Morgan fingerprint density at radius 1 is 0.500 bits per heavy atom. The van der Waals surface area contributed by atoms with Crippen LogP contribution in [0.5, 0.6) is 0 Å². The Bertz CT molecular complexity index is 98.0. The summed E-state index contributed by atoms with van der Waals surface area (Å²) in [6.45, 7) is 2.90. The van der Waals surface area contributed by atoms with Crippen LogP contribution in [-0.4, -0.2) is 6.54 Å². The molecule has 0 rings (SSSR count). The molecule has 0 spiro atoms. The Morgan fingerprint density at radius 2 is 0.812 bits per heavy atom. The second kappa shape index (κ2) is 15.0. The van der Waals surface area contributed by atoms with Gasteiger partial charge in [0.15, 0.2) is 0 Å². The summed E-state index contributed by atoms with van der Waals surface area (Å²) in [6, 6.07) is 0. The fourth-order valence-electron chi connectivity index (χ4n) is 2.14. The lowest BCUT2D eigenvalue weighted by atomic mass is 10.0. The number of rotatable bonds is 13. The molecule has 0 bridgehead atoms. The van der Waals surface area contributed by atoms with Crippen LogP contribution in [0.2, 0.25) is 0 Å². The minimum Gasteiger partial charge on any atom is -0.258 e. The highest BCUT2D eigenvalue weighted by molar-refractivity contribution is 4.48. The average Bonchev–Trinajstić information content (AvgIpc) is 2.31. The smallest absolute Gasteiger partial charge is 0.00997 e. The molecule has 0 unspecified atom stereocenters. The maximum Gasteiger partial charge on any atom is 0.00997 e. The molecule has 1 heteroatoms. The molecule has 0 aromatic carbocycles. The van der Waals surface area contributed by atoms with Crippen molar-refractivity contribution < 1.29 is 0 Å². The quantitative estimate of drug-likeness (QED) is 0.377. The molecule has 1 nitrogen and oxygen atoms in total. The molecule has 0 aromatic rings. The van der Waals surface area contributed by atoms with Crippen LogP contribution in [-0.2, 0) is 0 Å². The molecule has 0 heterocycles. The lowest BCUT2D eigenvalue weighted by Gasteiger charge is -2.02. The van der Waals surface area contributed by atoms with Gasteiger partial charge in [-0.1, -0.05) is 84.0 Å². The first-order valence-electron chi connectivity index (χ1n) is 7.56. The molecular formula is C15H32N. The second-order valence-electron chi connectivity index (χ2n) is 4.99. The fraction of sp³-hybridized carbons (Fsp3) is 1.00. The van der Waals surface area contributed by atoms with Gasteiger partial charge in [0.1, 0.15) is 0 Å². The van der Waals surface area contributed by atoms with Crippen LogP contribution in [0.1, 0.15) is 90.4 Å². The highest BCUT2D eigenvalue weighted by Crippen LogP contribution is 2.12. The van der Waals surface area contributed by atoms with Crippen molar-refractivity contribution in [2.45, 2.75) is 90.4 Å². The summed E-state index contributed by atoms with van der Waals surface area (Å²) in [6.07, 6.45) is 18.1. The monoisotopic (exact) mass is 226 g/mol. The van der Waals surface area contributed by atoms with E-state index in [4.69, 9.17) is 5.73 Å². The molecule has 0 atom stereocenters. The highest BCUT2D eigenvalue weighted by atomic mass is 14.5. The molecule has 1 N–H and O–H groups in total. The zero-order valence-corrected chi connectivity index (χ0v) is 11.4. The Labute approximate surface area is 103 Å². The van der Waals surface area contributed by atoms with Crippen LogP contribution >= 0.6 is 0 Å². The number of hydrogen-bond donors (Lipinski definition) is 0. The lowest BCUT2D eigenvalue weighted by Crippen LogP contribution is -1.86. The van der Waals surface area contributed by atoms with Crippen LogP contribution in [0.25, 0.3) is 0 Å². The van der Waals surface area contributed by atoms with E-state index in [0.717, 1.165) is 6.42 Å². The third-order valence-corrected chi connectivity index (χ3v) is 3.28. The first-order chi connectivity index (χ1) is 7.91. The summed E-state index contributed by atoms with van der Waals surface area (Å²) >= 11 is 0. The first kappa shape index (κ1) is 16.0. The van der Waals surface area contributed by atoms with Crippen molar-refractivity contribution in [1.29, 1.82) is 0 Å². The number of unbranched alkanes of at least 4 members (excludes halogenated alkanes) is 12. The molecule has 0 saturated heterocycles. The minimum atomic E-state index is 0.623. The predicted octanol–water partition coefficient (Wildman–Crippen LogP) is 5.36. The lowest BCUT2D eigenvalue weighted by molar-refractivity contribution is 0.540. The number of nitrogens with one attached hydrogen (secondary N) is 1. The normalized spacial score (nSPS) is 10.9. The van der Waals surface area contributed by atoms with Crippen molar-refractivity contribution in [2.24, 2.45) is 0 Å². The molecule has 0 amide bonds. The predicted molar refractivity (Wildman–Crippen MR) is 73.7 cm³/mol. The zero-order valence-electron chi connectivity index (χ0n) is 11.4. The van der Waals surface area contributed by atoms with Crippen molar-refractivity contribution in [1.82, 2.24) is 5.73 Å². The maximum atomic E-state index is 7.04. The van der Waals surface area contributed by atoms with Crippen LogP contribution in [0.4, 0.5) is 0 Å². The van der Waals surface area contributed by atoms with Gasteiger partial charge in [-0.2, -0.15) is 0 Å². The molecule has 0 aliphatic carbocycles. The average molecular weight is 226 g/mol. The second-order valence-corrected chi connectivity index (χ2v) is 4.99. The molecule has 0 fully saturated rings. The molecule has 1 radical (unpaired) electrons. The summed E-state index contributed by atoms with van der Waals surface area (Å²) in [5.41, 5.74) is 7.04. The molecule has 16 heavy (non-hydrogen) atoms. The standard InChI is InChI=1S/C15H32N/c1-2-3-4-5-6-7-8-9-10-11-12-13-14-15-16/h16H,2-15H2,1H3. The third-order valence-electron chi connectivity index (χ3n) is 3.28. The molecule has 0 aromatic heterocycles. The Kier molecular flexibility index (Phi) is 14.9. The van der Waals surface area contributed by atoms with Gasteiger partial charge in [-0.25, -0.2) is 0 Å². The van der Waals surface area contributed by atoms with E-state index in [2.05, 4.69) is 6.92 Å². The van der Waals surface area contributed by atoms with Gasteiger partial charge >= 0.3 is 0 Å². The van der Waals surface area contributed by atoms with Crippen molar-refractivity contribution >= 4 is 0 Å². The summed E-state index contributed by atoms with van der Waals surface area (Å²) < 4.78 is 0. The van der Waals surface area contributed by atoms with Gasteiger partial charge in [-0.3, -0.25) is 5.73 Å². The minimum absolute atomic E-state index is 0.623. The van der Waals surface area contributed by atoms with Crippen LogP contribution in [0.3, 0.4) is 0 Å². The summed E-state index contributed by atoms with van der Waals surface area (Å²) in [5, 5.41) is 0. The van der Waals surface area contributed by atoms with Gasteiger partial charge in [0.2, 0.25) is 0 Å². The zero-order chi connectivity index (χ0) is 11.9. The van der Waals surface area contributed by atoms with Gasteiger partial charge in [0.05, 0.1) is 0 Å². The highest BCUT2D eigenvalue weighted by Gasteiger charge is 1.92. The topological polar surface area (TPSA) is 23.8 Å². The largest absolute Gasteiger partial charge is 0.258 e. The molecule has 0 aliphatic heterocycles. The van der Waals surface area contributed by atoms with Crippen molar-refractivity contribution in [3.05, 3.63) is 0 Å². The van der Waals surface area contributed by atoms with E-state index in [9.17, 15) is 0 Å². The van der Waals surface area contributed by atoms with Gasteiger partial charge < -0.3 is 0 Å². The van der Waals surface area contributed by atoms with Crippen LogP contribution in [0.15, 0.2) is 0 Å². The van der Waals surface area contributed by atoms with Crippen LogP contribution in [0, 0.1) is 0 Å². The van der Waals surface area contributed by atoms with E-state index in [1.54, 1.807) is 0 Å². The molecule has 0 aliphatic rings. The summed E-state index contributed by atoms with van der Waals surface area (Å²) in [5.74, 6) is 0. The van der Waals surface area contributed by atoms with Crippen molar-refractivity contribution in [2.75, 3.05) is 6.54 Å². The van der Waals surface area contributed by atoms with Crippen LogP contribution < -0.4 is 5.73 Å². The summed E-state index contributed by atoms with van der Waals surface area (Å²) in [4.78, 5) is 0. The van der Waals surface area contributed by atoms with E-state index in [1.165, 1.54) is 77.0 Å². The van der Waals surface area contributed by atoms with Gasteiger partial charge in [-0.15, -0.1) is 0 Å². The van der Waals surface area contributed by atoms with E-state index in [-0.39, 0.29) is 0 Å². The Balaban J connectivity index is 2.83. The molecular weight excluding hydrogens is 194 g/mol. The van der Waals surface area contributed by atoms with E-state index >= 15 is 0 Å². The van der Waals surface area contributed by atoms with Gasteiger partial charge in [0.25, 0.3) is 0 Å². The van der Waals surface area contributed by atoms with Gasteiger partial charge in [0, 0.05) is 6.54 Å². The third kappa shape index (κ3) is 14.0. The van der Waals surface area contributed by atoms with Crippen molar-refractivity contribution in [3.63, 3.8) is 0 Å². The van der Waals surface area contributed by atoms with Gasteiger partial charge in [-0.05, 0) is 6.42 Å². The van der Waals surface area contributed by atoms with E-state index in [0.29, 0.717) is 6.54 Å². The molecule has 0 saturated carbocycles.